The Labute approximate surface area is 195 Å². The van der Waals surface area contributed by atoms with E-state index in [-0.39, 0.29) is 23.3 Å². The van der Waals surface area contributed by atoms with Crippen molar-refractivity contribution in [2.75, 3.05) is 40.3 Å². The van der Waals surface area contributed by atoms with Gasteiger partial charge in [-0.1, -0.05) is 30.3 Å². The smallest absolute Gasteiger partial charge is 0.319 e. The number of aromatic nitrogens is 2. The highest BCUT2D eigenvalue weighted by Gasteiger charge is 2.45. The molecule has 2 aliphatic heterocycles. The monoisotopic (exact) mass is 447 g/mol. The van der Waals surface area contributed by atoms with Crippen molar-refractivity contribution in [3.05, 3.63) is 47.8 Å². The molecule has 5 rings (SSSR count). The first-order valence-electron chi connectivity index (χ1n) is 12.1. The molecule has 2 aromatic rings. The average Bonchev–Trinajstić information content (AvgIpc) is 3.20. The van der Waals surface area contributed by atoms with Crippen LogP contribution in [0.2, 0.25) is 0 Å². The van der Waals surface area contributed by atoms with E-state index in [0.29, 0.717) is 13.1 Å². The molecule has 1 atom stereocenters. The molecule has 7 heteroatoms. The first kappa shape index (κ1) is 21.9. The van der Waals surface area contributed by atoms with Crippen LogP contribution in [0.3, 0.4) is 0 Å². The van der Waals surface area contributed by atoms with Crippen LogP contribution >= 0.6 is 0 Å². The quantitative estimate of drug-likeness (QED) is 0.708. The Kier molecular flexibility index (Phi) is 5.81. The van der Waals surface area contributed by atoms with Crippen molar-refractivity contribution in [3.63, 3.8) is 0 Å². The van der Waals surface area contributed by atoms with Gasteiger partial charge < -0.3 is 14.7 Å². The maximum Gasteiger partial charge on any atom is 0.319 e. The van der Waals surface area contributed by atoms with Crippen LogP contribution in [-0.2, 0) is 16.6 Å². The molecule has 3 heterocycles. The number of aryl methyl sites for hydroxylation is 1. The van der Waals surface area contributed by atoms with Crippen LogP contribution in [0.5, 0.6) is 0 Å². The molecule has 2 saturated heterocycles. The van der Waals surface area contributed by atoms with Gasteiger partial charge in [-0.05, 0) is 44.1 Å². The molecule has 0 N–H and O–H groups in total. The zero-order valence-electron chi connectivity index (χ0n) is 19.7. The fourth-order valence-electron chi connectivity index (χ4n) is 5.84. The molecule has 1 spiro atoms. The van der Waals surface area contributed by atoms with Crippen LogP contribution in [-0.4, -0.2) is 76.9 Å². The van der Waals surface area contributed by atoms with Crippen molar-refractivity contribution in [3.8, 4) is 11.4 Å². The predicted molar refractivity (Wildman–Crippen MR) is 127 cm³/mol. The van der Waals surface area contributed by atoms with Crippen LogP contribution in [0.1, 0.15) is 43.4 Å². The van der Waals surface area contributed by atoms with E-state index in [1.54, 1.807) is 19.0 Å². The van der Waals surface area contributed by atoms with Gasteiger partial charge in [0, 0.05) is 63.4 Å². The lowest BCUT2D eigenvalue weighted by Crippen LogP contribution is -2.52. The predicted octanol–water partition coefficient (Wildman–Crippen LogP) is 3.34. The van der Waals surface area contributed by atoms with Gasteiger partial charge in [0.05, 0.1) is 5.69 Å². The third kappa shape index (κ3) is 4.09. The van der Waals surface area contributed by atoms with Gasteiger partial charge in [0.25, 0.3) is 0 Å². The second-order valence-electron chi connectivity index (χ2n) is 10.0. The van der Waals surface area contributed by atoms with Crippen LogP contribution < -0.4 is 0 Å². The number of hydrogen-bond donors (Lipinski definition) is 0. The lowest BCUT2D eigenvalue weighted by atomic mass is 9.77. The number of likely N-dealkylation sites (tertiary alicyclic amines) is 2. The Hall–Kier alpha value is -2.96. The molecule has 0 radical (unpaired) electrons. The summed E-state index contributed by atoms with van der Waals surface area (Å²) in [5, 5.41) is 0. The Morgan fingerprint density at radius 1 is 1.03 bits per heavy atom. The van der Waals surface area contributed by atoms with E-state index < -0.39 is 0 Å². The van der Waals surface area contributed by atoms with Gasteiger partial charge in [0.15, 0.2) is 5.82 Å². The van der Waals surface area contributed by atoms with Crippen molar-refractivity contribution in [1.82, 2.24) is 24.7 Å². The lowest BCUT2D eigenvalue weighted by molar-refractivity contribution is -0.139. The van der Waals surface area contributed by atoms with Crippen molar-refractivity contribution in [2.45, 2.75) is 43.9 Å². The molecule has 2 fully saturated rings. The summed E-state index contributed by atoms with van der Waals surface area (Å²) in [5.41, 5.74) is 3.36. The maximum atomic E-state index is 13.5. The Balaban J connectivity index is 1.31. The summed E-state index contributed by atoms with van der Waals surface area (Å²) in [4.78, 5) is 41.0. The molecule has 0 bridgehead atoms. The van der Waals surface area contributed by atoms with E-state index in [1.165, 1.54) is 5.56 Å². The minimum Gasteiger partial charge on any atom is -0.342 e. The van der Waals surface area contributed by atoms with Crippen LogP contribution in [0, 0.1) is 5.92 Å². The Bertz CT molecular complexity index is 1030. The zero-order valence-corrected chi connectivity index (χ0v) is 19.7. The first-order chi connectivity index (χ1) is 16.0. The van der Waals surface area contributed by atoms with E-state index >= 15 is 0 Å². The number of carbonyl (C=O) groups is 2. The number of urea groups is 1. The minimum atomic E-state index is -0.0582. The average molecular weight is 448 g/mol. The Morgan fingerprint density at radius 3 is 2.52 bits per heavy atom. The first-order valence-corrected chi connectivity index (χ1v) is 12.1. The molecular weight excluding hydrogens is 414 g/mol. The SMILES string of the molecule is CN(C)C(=O)N1CCC(C(=O)N2CCCC3(CCc4cnc(-c5ccccc5)nc43)C2)CC1. The number of fused-ring (bicyclic) bond motifs is 2. The van der Waals surface area contributed by atoms with Gasteiger partial charge >= 0.3 is 6.03 Å². The van der Waals surface area contributed by atoms with Crippen molar-refractivity contribution in [2.24, 2.45) is 5.92 Å². The van der Waals surface area contributed by atoms with Crippen molar-refractivity contribution < 1.29 is 9.59 Å². The van der Waals surface area contributed by atoms with Gasteiger partial charge in [0.2, 0.25) is 5.91 Å². The van der Waals surface area contributed by atoms with Gasteiger partial charge in [0.1, 0.15) is 0 Å². The summed E-state index contributed by atoms with van der Waals surface area (Å²) in [5.74, 6) is 1.05. The number of rotatable bonds is 2. The number of nitrogens with zero attached hydrogens (tertiary/aromatic N) is 5. The maximum absolute atomic E-state index is 13.5. The van der Waals surface area contributed by atoms with Gasteiger partial charge in [-0.3, -0.25) is 4.79 Å². The number of hydrogen-bond acceptors (Lipinski definition) is 4. The number of piperidine rings is 2. The summed E-state index contributed by atoms with van der Waals surface area (Å²) >= 11 is 0. The van der Waals surface area contributed by atoms with E-state index in [4.69, 9.17) is 4.98 Å². The molecular formula is C26H33N5O2. The van der Waals surface area contributed by atoms with Crippen molar-refractivity contribution in [1.29, 1.82) is 0 Å². The summed E-state index contributed by atoms with van der Waals surface area (Å²) in [7, 11) is 3.55. The summed E-state index contributed by atoms with van der Waals surface area (Å²) in [6.45, 7) is 2.89. The summed E-state index contributed by atoms with van der Waals surface area (Å²) < 4.78 is 0. The highest BCUT2D eigenvalue weighted by molar-refractivity contribution is 5.80. The second kappa shape index (κ2) is 8.76. The molecule has 174 valence electrons. The third-order valence-corrected chi connectivity index (χ3v) is 7.66. The number of amides is 3. The van der Waals surface area contributed by atoms with Gasteiger partial charge in [-0.15, -0.1) is 0 Å². The summed E-state index contributed by atoms with van der Waals surface area (Å²) in [6.07, 6.45) is 7.60. The summed E-state index contributed by atoms with van der Waals surface area (Å²) in [6, 6.07) is 10.2. The highest BCUT2D eigenvalue weighted by atomic mass is 16.2. The fraction of sp³-hybridized carbons (Fsp3) is 0.538. The fourth-order valence-corrected chi connectivity index (χ4v) is 5.84. The van der Waals surface area contributed by atoms with E-state index in [9.17, 15) is 9.59 Å². The second-order valence-corrected chi connectivity index (χ2v) is 10.0. The minimum absolute atomic E-state index is 0.0116. The van der Waals surface area contributed by atoms with Crippen LogP contribution in [0.25, 0.3) is 11.4 Å². The zero-order chi connectivity index (χ0) is 23.0. The lowest BCUT2D eigenvalue weighted by Gasteiger charge is -2.43. The largest absolute Gasteiger partial charge is 0.342 e. The molecule has 1 unspecified atom stereocenters. The molecule has 3 aliphatic rings. The number of benzene rings is 1. The van der Waals surface area contributed by atoms with E-state index in [2.05, 4.69) is 9.88 Å². The molecule has 33 heavy (non-hydrogen) atoms. The molecule has 3 amide bonds. The van der Waals surface area contributed by atoms with E-state index in [0.717, 1.165) is 68.7 Å². The Morgan fingerprint density at radius 2 is 1.79 bits per heavy atom. The topological polar surface area (TPSA) is 69.6 Å². The normalized spacial score (nSPS) is 23.0. The van der Waals surface area contributed by atoms with E-state index in [1.807, 2.05) is 41.4 Å². The molecule has 1 aliphatic carbocycles. The standard InChI is InChI=1S/C26H33N5O2/c1-29(2)25(33)30-15-10-20(11-16-30)24(32)31-14-6-12-26(18-31)13-9-21-17-27-23(28-22(21)26)19-7-4-3-5-8-19/h3-5,7-8,17,20H,6,9-16,18H2,1-2H3. The molecule has 1 aromatic heterocycles. The molecule has 1 aromatic carbocycles. The van der Waals surface area contributed by atoms with Gasteiger partial charge in [-0.25, -0.2) is 14.8 Å². The third-order valence-electron chi connectivity index (χ3n) is 7.66. The van der Waals surface area contributed by atoms with Crippen molar-refractivity contribution >= 4 is 11.9 Å². The van der Waals surface area contributed by atoms with Crippen LogP contribution in [0.15, 0.2) is 36.5 Å². The molecule has 7 nitrogen and oxygen atoms in total. The number of carbonyl (C=O) groups excluding carboxylic acids is 2. The highest BCUT2D eigenvalue weighted by Crippen LogP contribution is 2.44. The van der Waals surface area contributed by atoms with Gasteiger partial charge in [-0.2, -0.15) is 0 Å². The van der Waals surface area contributed by atoms with Crippen LogP contribution in [0.4, 0.5) is 4.79 Å². The molecule has 0 saturated carbocycles.